The lowest BCUT2D eigenvalue weighted by molar-refractivity contribution is 0.590. The van der Waals surface area contributed by atoms with E-state index in [2.05, 4.69) is 4.98 Å². The summed E-state index contributed by atoms with van der Waals surface area (Å²) in [6.45, 7) is 1.66. The lowest BCUT2D eigenvalue weighted by Crippen LogP contribution is -2.12. The molecule has 1 aromatic heterocycles. The molecule has 0 aliphatic carbocycles. The zero-order valence-corrected chi connectivity index (χ0v) is 8.51. The number of nitrogens with two attached hydrogens (primary N) is 1. The van der Waals surface area contributed by atoms with Crippen LogP contribution in [0.15, 0.2) is 18.2 Å². The second-order valence-corrected chi connectivity index (χ2v) is 3.51. The third-order valence-electron chi connectivity index (χ3n) is 2.25. The molecule has 1 aromatic carbocycles. The highest BCUT2D eigenvalue weighted by Crippen LogP contribution is 2.22. The van der Waals surface area contributed by atoms with Crippen LogP contribution >= 0.6 is 0 Å². The third kappa shape index (κ3) is 1.60. The van der Waals surface area contributed by atoms with E-state index in [0.717, 1.165) is 12.1 Å². The Balaban J connectivity index is 2.95. The van der Waals surface area contributed by atoms with Crippen LogP contribution in [0.25, 0.3) is 10.9 Å². The van der Waals surface area contributed by atoms with E-state index in [-0.39, 0.29) is 16.7 Å². The molecule has 82 valence electrons. The summed E-state index contributed by atoms with van der Waals surface area (Å²) in [6.07, 6.45) is 0. The molecular formula is C11H9F2N3. The van der Waals surface area contributed by atoms with Crippen LogP contribution in [0, 0.1) is 24.0 Å². The summed E-state index contributed by atoms with van der Waals surface area (Å²) in [7, 11) is 0. The van der Waals surface area contributed by atoms with Crippen LogP contribution in [-0.4, -0.2) is 10.8 Å². The fourth-order valence-electron chi connectivity index (χ4n) is 1.60. The van der Waals surface area contributed by atoms with E-state index < -0.39 is 11.6 Å². The number of hydrogen-bond acceptors (Lipinski definition) is 2. The summed E-state index contributed by atoms with van der Waals surface area (Å²) in [5.74, 6) is -1.69. The zero-order valence-electron chi connectivity index (χ0n) is 8.51. The number of benzene rings is 1. The van der Waals surface area contributed by atoms with Crippen molar-refractivity contribution in [3.8, 4) is 0 Å². The van der Waals surface area contributed by atoms with Crippen molar-refractivity contribution in [2.24, 2.45) is 5.73 Å². The second-order valence-electron chi connectivity index (χ2n) is 3.51. The molecule has 5 heteroatoms. The molecule has 3 N–H and O–H groups in total. The molecule has 3 nitrogen and oxygen atoms in total. The van der Waals surface area contributed by atoms with Gasteiger partial charge in [0.05, 0.1) is 0 Å². The quantitative estimate of drug-likeness (QED) is 0.572. The lowest BCUT2D eigenvalue weighted by atomic mass is 10.1. The van der Waals surface area contributed by atoms with Crippen LogP contribution in [0.2, 0.25) is 0 Å². The number of rotatable bonds is 1. The Morgan fingerprint density at radius 1 is 1.31 bits per heavy atom. The number of amidine groups is 1. The Kier molecular flexibility index (Phi) is 2.30. The van der Waals surface area contributed by atoms with Crippen molar-refractivity contribution in [3.63, 3.8) is 0 Å². The smallest absolute Gasteiger partial charge is 0.152 e. The lowest BCUT2D eigenvalue weighted by Gasteiger charge is -2.07. The number of nitrogens with zero attached hydrogens (tertiary/aromatic N) is 1. The van der Waals surface area contributed by atoms with E-state index in [1.807, 2.05) is 0 Å². The SMILES string of the molecule is Cc1cc(C(=N)N)c2cc(F)cc(F)c2n1. The standard InChI is InChI=1S/C11H9F2N3/c1-5-2-8(11(14)15)7-3-6(12)4-9(13)10(7)16-5/h2-4H,1H3,(H3,14,15). The number of nitrogen functional groups attached to an aromatic ring is 1. The molecule has 0 amide bonds. The van der Waals surface area contributed by atoms with Gasteiger partial charge in [0.2, 0.25) is 0 Å². The number of pyridine rings is 1. The summed E-state index contributed by atoms with van der Waals surface area (Å²) in [5.41, 5.74) is 6.22. The molecule has 0 saturated carbocycles. The van der Waals surface area contributed by atoms with Crippen LogP contribution in [0.4, 0.5) is 8.78 Å². The largest absolute Gasteiger partial charge is 0.384 e. The predicted octanol–water partition coefficient (Wildman–Crippen LogP) is 2.11. The average Bonchev–Trinajstić information content (AvgIpc) is 2.18. The molecule has 0 saturated heterocycles. The average molecular weight is 221 g/mol. The van der Waals surface area contributed by atoms with Gasteiger partial charge >= 0.3 is 0 Å². The van der Waals surface area contributed by atoms with E-state index in [1.165, 1.54) is 6.07 Å². The summed E-state index contributed by atoms with van der Waals surface area (Å²) in [5, 5.41) is 7.58. The molecule has 2 aromatic rings. The Labute approximate surface area is 90.4 Å². The van der Waals surface area contributed by atoms with Crippen LogP contribution in [-0.2, 0) is 0 Å². The van der Waals surface area contributed by atoms with Gasteiger partial charge in [-0.2, -0.15) is 0 Å². The number of nitrogens with one attached hydrogen (secondary N) is 1. The van der Waals surface area contributed by atoms with Gasteiger partial charge in [0.1, 0.15) is 17.2 Å². The topological polar surface area (TPSA) is 62.8 Å². The number of aryl methyl sites for hydroxylation is 1. The highest BCUT2D eigenvalue weighted by molar-refractivity contribution is 6.06. The highest BCUT2D eigenvalue weighted by Gasteiger charge is 2.11. The maximum Gasteiger partial charge on any atom is 0.152 e. The molecular weight excluding hydrogens is 212 g/mol. The van der Waals surface area contributed by atoms with Crippen molar-refractivity contribution < 1.29 is 8.78 Å². The minimum Gasteiger partial charge on any atom is -0.384 e. The molecule has 0 aliphatic heterocycles. The third-order valence-corrected chi connectivity index (χ3v) is 2.25. The predicted molar refractivity (Wildman–Crippen MR) is 57.4 cm³/mol. The molecule has 0 radical (unpaired) electrons. The highest BCUT2D eigenvalue weighted by atomic mass is 19.1. The van der Waals surface area contributed by atoms with Gasteiger partial charge in [-0.25, -0.2) is 13.8 Å². The van der Waals surface area contributed by atoms with E-state index >= 15 is 0 Å². The molecule has 0 bridgehead atoms. The molecule has 0 aliphatic rings. The van der Waals surface area contributed by atoms with Crippen LogP contribution in [0.5, 0.6) is 0 Å². The minimum absolute atomic E-state index is 0.0339. The molecule has 1 heterocycles. The van der Waals surface area contributed by atoms with Crippen LogP contribution in [0.3, 0.4) is 0 Å². The first-order valence-corrected chi connectivity index (χ1v) is 4.60. The first-order valence-electron chi connectivity index (χ1n) is 4.60. The number of fused-ring (bicyclic) bond motifs is 1. The first-order chi connectivity index (χ1) is 7.49. The summed E-state index contributed by atoms with van der Waals surface area (Å²) in [4.78, 5) is 3.97. The van der Waals surface area contributed by atoms with Gasteiger partial charge in [0.25, 0.3) is 0 Å². The van der Waals surface area contributed by atoms with Gasteiger partial charge in [-0.05, 0) is 19.1 Å². The first kappa shape index (κ1) is 10.5. The molecule has 0 fully saturated rings. The second kappa shape index (κ2) is 3.52. The molecule has 16 heavy (non-hydrogen) atoms. The van der Waals surface area contributed by atoms with Gasteiger partial charge < -0.3 is 5.73 Å². The number of hydrogen-bond donors (Lipinski definition) is 2. The van der Waals surface area contributed by atoms with Crippen molar-refractivity contribution in [2.45, 2.75) is 6.92 Å². The van der Waals surface area contributed by atoms with Crippen molar-refractivity contribution in [3.05, 3.63) is 41.1 Å². The van der Waals surface area contributed by atoms with Gasteiger partial charge in [0.15, 0.2) is 5.82 Å². The Hall–Kier alpha value is -2.04. The van der Waals surface area contributed by atoms with E-state index in [1.54, 1.807) is 6.92 Å². The maximum atomic E-state index is 13.5. The molecule has 0 atom stereocenters. The van der Waals surface area contributed by atoms with Gasteiger partial charge in [-0.15, -0.1) is 0 Å². The molecule has 0 unspecified atom stereocenters. The van der Waals surface area contributed by atoms with Crippen molar-refractivity contribution in [2.75, 3.05) is 0 Å². The summed E-state index contributed by atoms with van der Waals surface area (Å²) >= 11 is 0. The Bertz CT molecular complexity index is 593. The summed E-state index contributed by atoms with van der Waals surface area (Å²) in [6, 6.07) is 3.42. The van der Waals surface area contributed by atoms with Crippen molar-refractivity contribution in [1.29, 1.82) is 5.41 Å². The molecule has 2 rings (SSSR count). The minimum atomic E-state index is -0.749. The number of halogens is 2. The van der Waals surface area contributed by atoms with Crippen LogP contribution in [0.1, 0.15) is 11.3 Å². The molecule has 0 spiro atoms. The summed E-state index contributed by atoms with van der Waals surface area (Å²) < 4.78 is 26.5. The fourth-order valence-corrected chi connectivity index (χ4v) is 1.60. The van der Waals surface area contributed by atoms with Crippen molar-refractivity contribution >= 4 is 16.7 Å². The van der Waals surface area contributed by atoms with Crippen LogP contribution < -0.4 is 5.73 Å². The number of aromatic nitrogens is 1. The Morgan fingerprint density at radius 2 is 2.00 bits per heavy atom. The van der Waals surface area contributed by atoms with Crippen molar-refractivity contribution in [1.82, 2.24) is 4.98 Å². The van der Waals surface area contributed by atoms with Gasteiger partial charge in [0, 0.05) is 22.7 Å². The van der Waals surface area contributed by atoms with E-state index in [4.69, 9.17) is 11.1 Å². The maximum absolute atomic E-state index is 13.5. The zero-order chi connectivity index (χ0) is 11.9. The van der Waals surface area contributed by atoms with E-state index in [0.29, 0.717) is 11.3 Å². The fraction of sp³-hybridized carbons (Fsp3) is 0.0909. The van der Waals surface area contributed by atoms with E-state index in [9.17, 15) is 8.78 Å². The normalized spacial score (nSPS) is 10.7. The van der Waals surface area contributed by atoms with Gasteiger partial charge in [-0.1, -0.05) is 0 Å². The van der Waals surface area contributed by atoms with Gasteiger partial charge in [-0.3, -0.25) is 5.41 Å². The monoisotopic (exact) mass is 221 g/mol. The Morgan fingerprint density at radius 3 is 2.62 bits per heavy atom.